The van der Waals surface area contributed by atoms with Crippen molar-refractivity contribution in [2.75, 3.05) is 0 Å². The molecule has 25 heavy (non-hydrogen) atoms. The fraction of sp³-hybridized carbons (Fsp3) is 0.238. The fourth-order valence-corrected chi connectivity index (χ4v) is 3.70. The van der Waals surface area contributed by atoms with Crippen LogP contribution in [0.5, 0.6) is 0 Å². The highest BCUT2D eigenvalue weighted by molar-refractivity contribution is 6.00. The lowest BCUT2D eigenvalue weighted by atomic mass is 9.81. The van der Waals surface area contributed by atoms with Crippen LogP contribution in [-0.4, -0.2) is 15.6 Å². The molecule has 0 N–H and O–H groups in total. The number of carbonyl (C=O) groups excluding carboxylic acids is 1. The Morgan fingerprint density at radius 3 is 2.56 bits per heavy atom. The minimum Gasteiger partial charge on any atom is -0.294 e. The molecule has 4 rings (SSSR count). The molecule has 1 aliphatic rings. The van der Waals surface area contributed by atoms with Crippen molar-refractivity contribution in [3.63, 3.8) is 0 Å². The Labute approximate surface area is 146 Å². The van der Waals surface area contributed by atoms with Gasteiger partial charge in [-0.15, -0.1) is 0 Å². The second kappa shape index (κ2) is 5.96. The standard InChI is InChI=1S/C21H19FN2O/c1-13-4-3-5-18(10-13)24-19-11-16(15-6-8-17(22)9-7-15)12-20(25)21(19)14(2)23-24/h3-10,16H,11-12H2,1-2H3/t16-/m0/s1. The van der Waals surface area contributed by atoms with Crippen LogP contribution in [0.25, 0.3) is 5.69 Å². The van der Waals surface area contributed by atoms with E-state index in [1.165, 1.54) is 12.1 Å². The average molecular weight is 334 g/mol. The SMILES string of the molecule is Cc1cccc(-n2nc(C)c3c2C[C@H](c2ccc(F)cc2)CC3=O)c1. The summed E-state index contributed by atoms with van der Waals surface area (Å²) in [6.45, 7) is 3.93. The van der Waals surface area contributed by atoms with Crippen LogP contribution in [-0.2, 0) is 6.42 Å². The maximum atomic E-state index is 13.2. The number of benzene rings is 2. The lowest BCUT2D eigenvalue weighted by Crippen LogP contribution is -2.20. The molecule has 126 valence electrons. The summed E-state index contributed by atoms with van der Waals surface area (Å²) in [7, 11) is 0. The third-order valence-electron chi connectivity index (χ3n) is 4.89. The van der Waals surface area contributed by atoms with Gasteiger partial charge < -0.3 is 0 Å². The average Bonchev–Trinajstić information content (AvgIpc) is 2.93. The van der Waals surface area contributed by atoms with E-state index in [9.17, 15) is 9.18 Å². The second-order valence-corrected chi connectivity index (χ2v) is 6.74. The zero-order valence-corrected chi connectivity index (χ0v) is 14.3. The Kier molecular flexibility index (Phi) is 3.75. The number of nitrogens with zero attached hydrogens (tertiary/aromatic N) is 2. The highest BCUT2D eigenvalue weighted by Crippen LogP contribution is 2.35. The number of aromatic nitrogens is 2. The van der Waals surface area contributed by atoms with Crippen LogP contribution in [0.2, 0.25) is 0 Å². The maximum absolute atomic E-state index is 13.2. The van der Waals surface area contributed by atoms with Crippen molar-refractivity contribution in [1.82, 2.24) is 9.78 Å². The third-order valence-corrected chi connectivity index (χ3v) is 4.89. The number of rotatable bonds is 2. The van der Waals surface area contributed by atoms with Crippen LogP contribution in [0, 0.1) is 19.7 Å². The molecule has 0 unspecified atom stereocenters. The summed E-state index contributed by atoms with van der Waals surface area (Å²) in [6, 6.07) is 14.6. The van der Waals surface area contributed by atoms with Gasteiger partial charge in [0.2, 0.25) is 0 Å². The van der Waals surface area contributed by atoms with Crippen LogP contribution in [0.15, 0.2) is 48.5 Å². The Balaban J connectivity index is 1.79. The van der Waals surface area contributed by atoms with Crippen molar-refractivity contribution in [1.29, 1.82) is 0 Å². The zero-order chi connectivity index (χ0) is 17.6. The number of halogens is 1. The van der Waals surface area contributed by atoms with Gasteiger partial charge in [-0.2, -0.15) is 5.10 Å². The molecule has 0 fully saturated rings. The normalized spacial score (nSPS) is 16.8. The number of aryl methyl sites for hydroxylation is 2. The van der Waals surface area contributed by atoms with Gasteiger partial charge in [-0.3, -0.25) is 4.79 Å². The van der Waals surface area contributed by atoms with Gasteiger partial charge in [-0.1, -0.05) is 24.3 Å². The smallest absolute Gasteiger partial charge is 0.167 e. The van der Waals surface area contributed by atoms with Gasteiger partial charge in [0.05, 0.1) is 22.6 Å². The van der Waals surface area contributed by atoms with Gasteiger partial charge in [0.15, 0.2) is 5.78 Å². The number of ketones is 1. The van der Waals surface area contributed by atoms with Gasteiger partial charge >= 0.3 is 0 Å². The molecule has 1 aliphatic carbocycles. The van der Waals surface area contributed by atoms with Crippen molar-refractivity contribution in [2.24, 2.45) is 0 Å². The second-order valence-electron chi connectivity index (χ2n) is 6.74. The highest BCUT2D eigenvalue weighted by Gasteiger charge is 2.32. The summed E-state index contributed by atoms with van der Waals surface area (Å²) in [4.78, 5) is 12.7. The number of fused-ring (bicyclic) bond motifs is 1. The van der Waals surface area contributed by atoms with E-state index >= 15 is 0 Å². The largest absolute Gasteiger partial charge is 0.294 e. The fourth-order valence-electron chi connectivity index (χ4n) is 3.70. The van der Waals surface area contributed by atoms with E-state index in [2.05, 4.69) is 11.2 Å². The number of hydrogen-bond acceptors (Lipinski definition) is 2. The van der Waals surface area contributed by atoms with Crippen LogP contribution < -0.4 is 0 Å². The first-order valence-electron chi connectivity index (χ1n) is 8.47. The first-order chi connectivity index (χ1) is 12.0. The molecule has 0 amide bonds. The lowest BCUT2D eigenvalue weighted by Gasteiger charge is -2.23. The molecule has 3 nitrogen and oxygen atoms in total. The van der Waals surface area contributed by atoms with Gasteiger partial charge in [0.1, 0.15) is 5.82 Å². The number of Topliss-reactive ketones (excluding diaryl/α,β-unsaturated/α-hetero) is 1. The zero-order valence-electron chi connectivity index (χ0n) is 14.3. The van der Waals surface area contributed by atoms with Crippen LogP contribution in [0.3, 0.4) is 0 Å². The third kappa shape index (κ3) is 2.78. The van der Waals surface area contributed by atoms with E-state index < -0.39 is 0 Å². The van der Waals surface area contributed by atoms with E-state index in [-0.39, 0.29) is 17.5 Å². The summed E-state index contributed by atoms with van der Waals surface area (Å²) in [5.74, 6) is -0.0838. The molecule has 0 saturated heterocycles. The quantitative estimate of drug-likeness (QED) is 0.689. The molecule has 0 spiro atoms. The summed E-state index contributed by atoms with van der Waals surface area (Å²) in [5, 5.41) is 4.63. The maximum Gasteiger partial charge on any atom is 0.167 e. The van der Waals surface area contributed by atoms with Gasteiger partial charge in [-0.25, -0.2) is 9.07 Å². The summed E-state index contributed by atoms with van der Waals surface area (Å²) in [5.41, 5.74) is 5.59. The van der Waals surface area contributed by atoms with Crippen molar-refractivity contribution in [3.8, 4) is 5.69 Å². The molecule has 0 radical (unpaired) electrons. The molecular formula is C21H19FN2O. The molecule has 4 heteroatoms. The molecule has 3 aromatic rings. The molecule has 1 heterocycles. The van der Waals surface area contributed by atoms with Crippen LogP contribution >= 0.6 is 0 Å². The van der Waals surface area contributed by atoms with Crippen molar-refractivity contribution in [2.45, 2.75) is 32.6 Å². The van der Waals surface area contributed by atoms with Crippen molar-refractivity contribution < 1.29 is 9.18 Å². The van der Waals surface area contributed by atoms with Crippen LogP contribution in [0.1, 0.15) is 45.2 Å². The van der Waals surface area contributed by atoms with Gasteiger partial charge in [-0.05, 0) is 61.6 Å². The van der Waals surface area contributed by atoms with Gasteiger partial charge in [0.25, 0.3) is 0 Å². The van der Waals surface area contributed by atoms with Crippen molar-refractivity contribution in [3.05, 3.63) is 82.4 Å². The Morgan fingerprint density at radius 2 is 1.84 bits per heavy atom. The number of carbonyl (C=O) groups is 1. The van der Waals surface area contributed by atoms with E-state index in [1.807, 2.05) is 36.7 Å². The monoisotopic (exact) mass is 334 g/mol. The van der Waals surface area contributed by atoms with Gasteiger partial charge in [0, 0.05) is 6.42 Å². The Bertz CT molecular complexity index is 957. The predicted molar refractivity (Wildman–Crippen MR) is 94.8 cm³/mol. The lowest BCUT2D eigenvalue weighted by molar-refractivity contribution is 0.0963. The molecular weight excluding hydrogens is 315 g/mol. The summed E-state index contributed by atoms with van der Waals surface area (Å²) < 4.78 is 15.1. The van der Waals surface area contributed by atoms with E-state index in [0.717, 1.165) is 40.2 Å². The van der Waals surface area contributed by atoms with E-state index in [4.69, 9.17) is 0 Å². The minimum absolute atomic E-state index is 0.0558. The molecule has 0 bridgehead atoms. The van der Waals surface area contributed by atoms with E-state index in [0.29, 0.717) is 6.42 Å². The molecule has 2 aromatic carbocycles. The van der Waals surface area contributed by atoms with Crippen LogP contribution in [0.4, 0.5) is 4.39 Å². The minimum atomic E-state index is -0.257. The number of hydrogen-bond donors (Lipinski definition) is 0. The molecule has 1 atom stereocenters. The molecule has 0 aliphatic heterocycles. The predicted octanol–water partition coefficient (Wildman–Crippen LogP) is 4.54. The topological polar surface area (TPSA) is 34.9 Å². The first kappa shape index (κ1) is 15.8. The van der Waals surface area contributed by atoms with E-state index in [1.54, 1.807) is 12.1 Å². The first-order valence-corrected chi connectivity index (χ1v) is 8.47. The Morgan fingerprint density at radius 1 is 1.08 bits per heavy atom. The van der Waals surface area contributed by atoms with Crippen molar-refractivity contribution >= 4 is 5.78 Å². The summed E-state index contributed by atoms with van der Waals surface area (Å²) in [6.07, 6.45) is 1.17. The highest BCUT2D eigenvalue weighted by atomic mass is 19.1. The summed E-state index contributed by atoms with van der Waals surface area (Å²) >= 11 is 0. The Hall–Kier alpha value is -2.75. The molecule has 0 saturated carbocycles. The molecule has 1 aromatic heterocycles.